The van der Waals surface area contributed by atoms with Crippen LogP contribution < -0.4 is 4.74 Å². The molecule has 0 radical (unpaired) electrons. The van der Waals surface area contributed by atoms with Crippen LogP contribution in [0.3, 0.4) is 0 Å². The zero-order chi connectivity index (χ0) is 11.6. The Morgan fingerprint density at radius 3 is 2.81 bits per heavy atom. The fourth-order valence-corrected chi connectivity index (χ4v) is 2.38. The Bertz CT molecular complexity index is 466. The molecule has 0 aliphatic heterocycles. The summed E-state index contributed by atoms with van der Waals surface area (Å²) in [4.78, 5) is 5.06. The van der Waals surface area contributed by atoms with Gasteiger partial charge < -0.3 is 9.84 Å². The van der Waals surface area contributed by atoms with Gasteiger partial charge in [-0.1, -0.05) is 6.07 Å². The van der Waals surface area contributed by atoms with E-state index in [1.54, 1.807) is 32.4 Å². The van der Waals surface area contributed by atoms with E-state index in [2.05, 4.69) is 4.98 Å². The lowest BCUT2D eigenvalue weighted by Crippen LogP contribution is -2.23. The van der Waals surface area contributed by atoms with Crippen molar-refractivity contribution in [1.29, 1.82) is 0 Å². The van der Waals surface area contributed by atoms with Gasteiger partial charge in [-0.25, -0.2) is 0 Å². The molecular formula is C12H13NO2S. The number of nitrogens with zero attached hydrogens (tertiary/aromatic N) is 1. The lowest BCUT2D eigenvalue weighted by molar-refractivity contribution is 0.0978. The Morgan fingerprint density at radius 2 is 2.19 bits per heavy atom. The third kappa shape index (κ3) is 1.81. The molecule has 2 aromatic rings. The van der Waals surface area contributed by atoms with E-state index in [-0.39, 0.29) is 0 Å². The Hall–Kier alpha value is -1.39. The van der Waals surface area contributed by atoms with Crippen molar-refractivity contribution in [3.63, 3.8) is 0 Å². The predicted octanol–water partition coefficient (Wildman–Crippen LogP) is 2.41. The maximum atomic E-state index is 10.5. The minimum Gasteiger partial charge on any atom is -0.495 e. The highest BCUT2D eigenvalue weighted by molar-refractivity contribution is 7.10. The van der Waals surface area contributed by atoms with Gasteiger partial charge in [0, 0.05) is 11.1 Å². The van der Waals surface area contributed by atoms with Crippen molar-refractivity contribution in [1.82, 2.24) is 4.98 Å². The zero-order valence-corrected chi connectivity index (χ0v) is 9.99. The highest BCUT2D eigenvalue weighted by atomic mass is 32.1. The number of pyridine rings is 1. The van der Waals surface area contributed by atoms with Crippen molar-refractivity contribution in [2.24, 2.45) is 0 Å². The number of ether oxygens (including phenoxy) is 1. The number of hydrogen-bond acceptors (Lipinski definition) is 4. The number of rotatable bonds is 3. The molecule has 0 aliphatic rings. The molecule has 2 aromatic heterocycles. The molecule has 1 N–H and O–H groups in total. The second kappa shape index (κ2) is 4.23. The molecule has 84 valence electrons. The molecule has 16 heavy (non-hydrogen) atoms. The van der Waals surface area contributed by atoms with Gasteiger partial charge in [0.25, 0.3) is 0 Å². The average Bonchev–Trinajstić information content (AvgIpc) is 2.83. The summed E-state index contributed by atoms with van der Waals surface area (Å²) in [6.07, 6.45) is 1.65. The smallest absolute Gasteiger partial charge is 0.143 e. The van der Waals surface area contributed by atoms with Crippen LogP contribution in [0.1, 0.15) is 17.5 Å². The van der Waals surface area contributed by atoms with Crippen LogP contribution in [0.15, 0.2) is 35.8 Å². The van der Waals surface area contributed by atoms with Crippen molar-refractivity contribution in [2.75, 3.05) is 7.11 Å². The van der Waals surface area contributed by atoms with E-state index in [1.165, 1.54) is 11.3 Å². The number of methoxy groups -OCH3 is 1. The van der Waals surface area contributed by atoms with E-state index >= 15 is 0 Å². The first kappa shape index (κ1) is 11.1. The number of thiophene rings is 1. The van der Waals surface area contributed by atoms with Gasteiger partial charge in [-0.05, 0) is 30.5 Å². The molecule has 0 fully saturated rings. The first-order valence-corrected chi connectivity index (χ1v) is 5.80. The number of hydrogen-bond donors (Lipinski definition) is 1. The molecular weight excluding hydrogens is 222 g/mol. The molecule has 3 nitrogen and oxygen atoms in total. The van der Waals surface area contributed by atoms with E-state index in [9.17, 15) is 5.11 Å². The Balaban J connectivity index is 2.51. The highest BCUT2D eigenvalue weighted by Crippen LogP contribution is 2.35. The van der Waals surface area contributed by atoms with Crippen LogP contribution in [0.2, 0.25) is 0 Å². The maximum absolute atomic E-state index is 10.5. The first-order chi connectivity index (χ1) is 7.66. The lowest BCUT2D eigenvalue weighted by Gasteiger charge is -2.23. The fraction of sp³-hybridized carbons (Fsp3) is 0.250. The van der Waals surface area contributed by atoms with Gasteiger partial charge in [0.05, 0.1) is 7.11 Å². The van der Waals surface area contributed by atoms with Crippen molar-refractivity contribution < 1.29 is 9.84 Å². The average molecular weight is 235 g/mol. The summed E-state index contributed by atoms with van der Waals surface area (Å²) in [6.45, 7) is 1.73. The second-order valence-corrected chi connectivity index (χ2v) is 4.55. The first-order valence-electron chi connectivity index (χ1n) is 4.92. The molecule has 1 atom stereocenters. The molecule has 0 aromatic carbocycles. The van der Waals surface area contributed by atoms with Gasteiger partial charge in [0.15, 0.2) is 0 Å². The quantitative estimate of drug-likeness (QED) is 0.888. The summed E-state index contributed by atoms with van der Waals surface area (Å²) in [6, 6.07) is 7.37. The third-order valence-corrected chi connectivity index (χ3v) is 3.53. The Kier molecular flexibility index (Phi) is 2.94. The lowest BCUT2D eigenvalue weighted by atomic mass is 9.99. The van der Waals surface area contributed by atoms with Gasteiger partial charge in [-0.15, -0.1) is 11.3 Å². The van der Waals surface area contributed by atoms with E-state index in [0.29, 0.717) is 11.4 Å². The Labute approximate surface area is 98.4 Å². The highest BCUT2D eigenvalue weighted by Gasteiger charge is 2.31. The van der Waals surface area contributed by atoms with E-state index < -0.39 is 5.60 Å². The zero-order valence-electron chi connectivity index (χ0n) is 9.18. The molecule has 0 bridgehead atoms. The van der Waals surface area contributed by atoms with Crippen LogP contribution in [0, 0.1) is 0 Å². The summed E-state index contributed by atoms with van der Waals surface area (Å²) in [5.74, 6) is 0.598. The molecule has 0 saturated heterocycles. The van der Waals surface area contributed by atoms with E-state index in [1.807, 2.05) is 17.5 Å². The summed E-state index contributed by atoms with van der Waals surface area (Å²) in [5, 5.41) is 12.5. The molecule has 2 rings (SSSR count). The van der Waals surface area contributed by atoms with Crippen molar-refractivity contribution in [3.8, 4) is 5.75 Å². The molecule has 0 saturated carbocycles. The molecule has 2 heterocycles. The topological polar surface area (TPSA) is 42.4 Å². The fourth-order valence-electron chi connectivity index (χ4n) is 1.59. The van der Waals surface area contributed by atoms with Crippen molar-refractivity contribution in [3.05, 3.63) is 46.4 Å². The van der Waals surface area contributed by atoms with Gasteiger partial charge in [-0.2, -0.15) is 0 Å². The summed E-state index contributed by atoms with van der Waals surface area (Å²) >= 11 is 1.50. The molecule has 1 unspecified atom stereocenters. The van der Waals surface area contributed by atoms with Gasteiger partial charge in [0.1, 0.15) is 17.0 Å². The second-order valence-electron chi connectivity index (χ2n) is 3.60. The van der Waals surface area contributed by atoms with Crippen LogP contribution in [-0.2, 0) is 5.60 Å². The van der Waals surface area contributed by atoms with E-state index in [4.69, 9.17) is 4.74 Å². The predicted molar refractivity (Wildman–Crippen MR) is 63.8 cm³/mol. The van der Waals surface area contributed by atoms with Crippen molar-refractivity contribution in [2.45, 2.75) is 12.5 Å². The third-order valence-electron chi connectivity index (χ3n) is 2.45. The normalized spacial score (nSPS) is 14.4. The van der Waals surface area contributed by atoms with Crippen LogP contribution in [0.4, 0.5) is 0 Å². The monoisotopic (exact) mass is 235 g/mol. The minimum atomic E-state index is -1.11. The minimum absolute atomic E-state index is 0.542. The van der Waals surface area contributed by atoms with Crippen LogP contribution >= 0.6 is 11.3 Å². The molecule has 4 heteroatoms. The largest absolute Gasteiger partial charge is 0.495 e. The van der Waals surface area contributed by atoms with Crippen LogP contribution in [0.25, 0.3) is 0 Å². The van der Waals surface area contributed by atoms with Crippen LogP contribution in [-0.4, -0.2) is 17.2 Å². The summed E-state index contributed by atoms with van der Waals surface area (Å²) in [5.41, 5.74) is -0.569. The standard InChI is InChI=1S/C12H13NO2S/c1-12(14,10-6-4-8-16-10)11-9(15-2)5-3-7-13-11/h3-8,14H,1-2H3. The van der Waals surface area contributed by atoms with E-state index in [0.717, 1.165) is 4.88 Å². The molecule has 0 spiro atoms. The summed E-state index contributed by atoms with van der Waals surface area (Å²) in [7, 11) is 1.57. The van der Waals surface area contributed by atoms with Crippen molar-refractivity contribution >= 4 is 11.3 Å². The Morgan fingerprint density at radius 1 is 1.38 bits per heavy atom. The summed E-state index contributed by atoms with van der Waals surface area (Å²) < 4.78 is 5.21. The van der Waals surface area contributed by atoms with Gasteiger partial charge >= 0.3 is 0 Å². The molecule has 0 aliphatic carbocycles. The van der Waals surface area contributed by atoms with Gasteiger partial charge in [0.2, 0.25) is 0 Å². The number of aromatic nitrogens is 1. The number of aliphatic hydroxyl groups is 1. The SMILES string of the molecule is COc1cccnc1C(C)(O)c1cccs1. The van der Waals surface area contributed by atoms with Gasteiger partial charge in [-0.3, -0.25) is 4.98 Å². The van der Waals surface area contributed by atoms with Crippen LogP contribution in [0.5, 0.6) is 5.75 Å². The molecule has 0 amide bonds. The maximum Gasteiger partial charge on any atom is 0.143 e.